The number of hydrogen-bond acceptors (Lipinski definition) is 6. The third kappa shape index (κ3) is 2.36. The lowest BCUT2D eigenvalue weighted by atomic mass is 10.1. The summed E-state index contributed by atoms with van der Waals surface area (Å²) in [5.74, 6) is 1.97. The molecule has 0 radical (unpaired) electrons. The first-order chi connectivity index (χ1) is 12.7. The molecule has 0 N–H and O–H groups in total. The molecule has 0 atom stereocenters. The molecular formula is C19H13N3O3S. The van der Waals surface area contributed by atoms with E-state index in [1.807, 2.05) is 55.5 Å². The Labute approximate surface area is 151 Å². The molecule has 3 heterocycles. The first-order valence-electron chi connectivity index (χ1n) is 8.05. The van der Waals surface area contributed by atoms with Gasteiger partial charge in [0, 0.05) is 5.56 Å². The predicted molar refractivity (Wildman–Crippen MR) is 98.7 cm³/mol. The van der Waals surface area contributed by atoms with Crippen LogP contribution in [0.4, 0.5) is 0 Å². The number of nitrogens with zero attached hydrogens (tertiary/aromatic N) is 3. The summed E-state index contributed by atoms with van der Waals surface area (Å²) in [5.41, 5.74) is 2.77. The largest absolute Gasteiger partial charge is 0.454 e. The van der Waals surface area contributed by atoms with Crippen LogP contribution in [0.3, 0.4) is 0 Å². The van der Waals surface area contributed by atoms with Gasteiger partial charge in [0.2, 0.25) is 11.8 Å². The van der Waals surface area contributed by atoms with Crippen molar-refractivity contribution in [2.24, 2.45) is 0 Å². The molecule has 7 heteroatoms. The zero-order chi connectivity index (χ0) is 17.7. The summed E-state index contributed by atoms with van der Waals surface area (Å²) in [6, 6.07) is 13.5. The average Bonchev–Trinajstić information content (AvgIpc) is 3.33. The van der Waals surface area contributed by atoms with Crippen LogP contribution in [0.25, 0.3) is 22.4 Å². The molecule has 0 bridgehead atoms. The van der Waals surface area contributed by atoms with E-state index in [1.54, 1.807) is 4.40 Å². The topological polar surface area (TPSA) is 65.7 Å². The van der Waals surface area contributed by atoms with Gasteiger partial charge in [0.05, 0.1) is 4.53 Å². The molecule has 0 amide bonds. The Morgan fingerprint density at radius 1 is 1.08 bits per heavy atom. The maximum absolute atomic E-state index is 12.9. The molecule has 5 rings (SSSR count). The average molecular weight is 363 g/mol. The fraction of sp³-hybridized carbons (Fsp3) is 0.105. The summed E-state index contributed by atoms with van der Waals surface area (Å²) in [4.78, 5) is 13.5. The number of rotatable bonds is 2. The Morgan fingerprint density at radius 2 is 1.88 bits per heavy atom. The predicted octanol–water partition coefficient (Wildman–Crippen LogP) is 2.40. The van der Waals surface area contributed by atoms with Crippen LogP contribution in [-0.2, 0) is 0 Å². The van der Waals surface area contributed by atoms with Crippen LogP contribution < -0.4 is 19.6 Å². The number of benzene rings is 2. The van der Waals surface area contributed by atoms with Crippen LogP contribution >= 0.6 is 11.3 Å². The zero-order valence-electron chi connectivity index (χ0n) is 13.8. The maximum Gasteiger partial charge on any atom is 0.276 e. The first kappa shape index (κ1) is 15.1. The fourth-order valence-electron chi connectivity index (χ4n) is 2.91. The van der Waals surface area contributed by atoms with E-state index in [2.05, 4.69) is 10.2 Å². The molecule has 26 heavy (non-hydrogen) atoms. The highest BCUT2D eigenvalue weighted by atomic mass is 32.1. The van der Waals surface area contributed by atoms with Crippen LogP contribution in [0.1, 0.15) is 11.1 Å². The van der Waals surface area contributed by atoms with Gasteiger partial charge >= 0.3 is 0 Å². The SMILES string of the molecule is Cc1ccc(-c2nnc3s/c(=C\c4ccc5c(c4)OCO5)c(=O)n23)cc1. The molecule has 0 fully saturated rings. The van der Waals surface area contributed by atoms with Crippen molar-refractivity contribution in [2.45, 2.75) is 6.92 Å². The second-order valence-electron chi connectivity index (χ2n) is 6.04. The third-order valence-electron chi connectivity index (χ3n) is 4.25. The lowest BCUT2D eigenvalue weighted by Gasteiger charge is -1.97. The fourth-order valence-corrected chi connectivity index (χ4v) is 3.82. The number of ether oxygens (including phenoxy) is 2. The quantitative estimate of drug-likeness (QED) is 0.547. The normalized spacial score (nSPS) is 13.7. The van der Waals surface area contributed by atoms with E-state index in [9.17, 15) is 4.79 Å². The molecule has 4 aromatic rings. The van der Waals surface area contributed by atoms with Gasteiger partial charge in [0.15, 0.2) is 17.3 Å². The van der Waals surface area contributed by atoms with Gasteiger partial charge < -0.3 is 9.47 Å². The van der Waals surface area contributed by atoms with Crippen molar-refractivity contribution < 1.29 is 9.47 Å². The molecule has 1 aliphatic heterocycles. The van der Waals surface area contributed by atoms with Gasteiger partial charge in [-0.05, 0) is 30.7 Å². The van der Waals surface area contributed by atoms with Gasteiger partial charge in [-0.15, -0.1) is 10.2 Å². The van der Waals surface area contributed by atoms with E-state index in [1.165, 1.54) is 11.3 Å². The molecule has 0 unspecified atom stereocenters. The Hall–Kier alpha value is -3.19. The van der Waals surface area contributed by atoms with Crippen LogP contribution in [0.5, 0.6) is 11.5 Å². The molecule has 2 aromatic carbocycles. The first-order valence-corrected chi connectivity index (χ1v) is 8.87. The van der Waals surface area contributed by atoms with Crippen molar-refractivity contribution in [3.63, 3.8) is 0 Å². The highest BCUT2D eigenvalue weighted by Crippen LogP contribution is 2.32. The monoisotopic (exact) mass is 363 g/mol. The van der Waals surface area contributed by atoms with Crippen LogP contribution in [0.2, 0.25) is 0 Å². The molecule has 6 nitrogen and oxygen atoms in total. The Kier molecular flexibility index (Phi) is 3.29. The summed E-state index contributed by atoms with van der Waals surface area (Å²) < 4.78 is 12.9. The molecule has 0 saturated heterocycles. The summed E-state index contributed by atoms with van der Waals surface area (Å²) in [7, 11) is 0. The zero-order valence-corrected chi connectivity index (χ0v) is 14.6. The lowest BCUT2D eigenvalue weighted by molar-refractivity contribution is 0.174. The number of fused-ring (bicyclic) bond motifs is 2. The maximum atomic E-state index is 12.9. The highest BCUT2D eigenvalue weighted by Gasteiger charge is 2.15. The molecule has 0 saturated carbocycles. The lowest BCUT2D eigenvalue weighted by Crippen LogP contribution is -2.23. The van der Waals surface area contributed by atoms with E-state index in [4.69, 9.17) is 9.47 Å². The van der Waals surface area contributed by atoms with Gasteiger partial charge in [-0.1, -0.05) is 47.2 Å². The van der Waals surface area contributed by atoms with Gasteiger partial charge in [0.1, 0.15) is 0 Å². The summed E-state index contributed by atoms with van der Waals surface area (Å²) in [6.45, 7) is 2.25. The van der Waals surface area contributed by atoms with E-state index >= 15 is 0 Å². The molecule has 0 aliphatic carbocycles. The number of aryl methyl sites for hydroxylation is 1. The Bertz CT molecular complexity index is 1240. The standard InChI is InChI=1S/C19H13N3O3S/c1-11-2-5-13(6-3-11)17-20-21-19-22(17)18(23)16(26-19)9-12-4-7-14-15(8-12)25-10-24-14/h2-9H,10H2,1H3/b16-9-. The highest BCUT2D eigenvalue weighted by molar-refractivity contribution is 7.15. The number of thiazole rings is 1. The third-order valence-corrected chi connectivity index (χ3v) is 5.21. The number of aromatic nitrogens is 3. The molecule has 1 aliphatic rings. The van der Waals surface area contributed by atoms with Gasteiger partial charge in [-0.2, -0.15) is 0 Å². The van der Waals surface area contributed by atoms with Crippen molar-refractivity contribution in [3.8, 4) is 22.9 Å². The van der Waals surface area contributed by atoms with Crippen LogP contribution in [-0.4, -0.2) is 21.4 Å². The molecular weight excluding hydrogens is 350 g/mol. The van der Waals surface area contributed by atoms with Crippen molar-refractivity contribution in [1.29, 1.82) is 0 Å². The van der Waals surface area contributed by atoms with Crippen LogP contribution in [0, 0.1) is 6.92 Å². The second kappa shape index (κ2) is 5.67. The van der Waals surface area contributed by atoms with Crippen molar-refractivity contribution in [1.82, 2.24) is 14.6 Å². The minimum Gasteiger partial charge on any atom is -0.454 e. The van der Waals surface area contributed by atoms with Crippen molar-refractivity contribution in [3.05, 3.63) is 68.5 Å². The molecule has 128 valence electrons. The summed E-state index contributed by atoms with van der Waals surface area (Å²) in [6.07, 6.45) is 1.84. The minimum atomic E-state index is -0.122. The smallest absolute Gasteiger partial charge is 0.276 e. The van der Waals surface area contributed by atoms with E-state index in [0.29, 0.717) is 21.1 Å². The van der Waals surface area contributed by atoms with Gasteiger partial charge in [-0.25, -0.2) is 4.40 Å². The van der Waals surface area contributed by atoms with Gasteiger partial charge in [0.25, 0.3) is 5.56 Å². The van der Waals surface area contributed by atoms with Crippen molar-refractivity contribution in [2.75, 3.05) is 6.79 Å². The summed E-state index contributed by atoms with van der Waals surface area (Å²) in [5, 5.41) is 8.35. The Balaban J connectivity index is 1.65. The van der Waals surface area contributed by atoms with E-state index in [0.717, 1.165) is 22.4 Å². The second-order valence-corrected chi connectivity index (χ2v) is 7.05. The van der Waals surface area contributed by atoms with E-state index in [-0.39, 0.29) is 12.4 Å². The van der Waals surface area contributed by atoms with Crippen LogP contribution in [0.15, 0.2) is 47.3 Å². The Morgan fingerprint density at radius 3 is 2.73 bits per heavy atom. The van der Waals surface area contributed by atoms with Crippen molar-refractivity contribution >= 4 is 22.4 Å². The molecule has 2 aromatic heterocycles. The number of hydrogen-bond donors (Lipinski definition) is 0. The summed E-state index contributed by atoms with van der Waals surface area (Å²) >= 11 is 1.32. The van der Waals surface area contributed by atoms with E-state index < -0.39 is 0 Å². The van der Waals surface area contributed by atoms with Gasteiger partial charge in [-0.3, -0.25) is 4.79 Å². The molecule has 0 spiro atoms. The minimum absolute atomic E-state index is 0.122.